The minimum Gasteiger partial charge on any atom is -0.493 e. The van der Waals surface area contributed by atoms with Crippen molar-refractivity contribution in [3.05, 3.63) is 45.8 Å². The molecular weight excluding hydrogens is 368 g/mol. The maximum atomic E-state index is 11.5. The summed E-state index contributed by atoms with van der Waals surface area (Å²) in [6, 6.07) is 6.39. The number of hydrogen-bond donors (Lipinski definition) is 0. The summed E-state index contributed by atoms with van der Waals surface area (Å²) in [6.07, 6.45) is 0.710. The average Bonchev–Trinajstić information content (AvgIpc) is 3.02. The lowest BCUT2D eigenvalue weighted by atomic mass is 10.2. The third kappa shape index (κ3) is 3.92. The lowest BCUT2D eigenvalue weighted by molar-refractivity contribution is 0.0486. The van der Waals surface area contributed by atoms with Gasteiger partial charge in [-0.15, -0.1) is 0 Å². The Morgan fingerprint density at radius 3 is 2.74 bits per heavy atom. The molecule has 0 bridgehead atoms. The first-order valence-electron chi connectivity index (χ1n) is 6.81. The summed E-state index contributed by atoms with van der Waals surface area (Å²) in [6.45, 7) is 2.05. The molecule has 0 spiro atoms. The first-order valence-corrected chi connectivity index (χ1v) is 7.60. The highest BCUT2D eigenvalue weighted by Crippen LogP contribution is 2.37. The minimum absolute atomic E-state index is 0.0661. The van der Waals surface area contributed by atoms with Crippen molar-refractivity contribution in [3.8, 4) is 11.5 Å². The Balaban J connectivity index is 2.15. The molecule has 6 nitrogen and oxygen atoms in total. The first-order chi connectivity index (χ1) is 11.1. The van der Waals surface area contributed by atoms with Crippen LogP contribution in [0.2, 0.25) is 0 Å². The smallest absolute Gasteiger partial charge is 0.374 e. The number of hydrogen-bond acceptors (Lipinski definition) is 6. The number of aldehydes is 1. The molecule has 0 aliphatic carbocycles. The fraction of sp³-hybridized carbons (Fsp3) is 0.250. The number of carbonyl (C=O) groups excluding carboxylic acids is 2. The van der Waals surface area contributed by atoms with E-state index in [0.29, 0.717) is 33.6 Å². The Bertz CT molecular complexity index is 707. The molecule has 0 amide bonds. The Kier molecular flexibility index (Phi) is 5.81. The molecule has 0 radical (unpaired) electrons. The van der Waals surface area contributed by atoms with Crippen LogP contribution in [0.15, 0.2) is 33.2 Å². The van der Waals surface area contributed by atoms with Crippen LogP contribution in [0.25, 0.3) is 0 Å². The van der Waals surface area contributed by atoms with Crippen molar-refractivity contribution in [2.45, 2.75) is 13.5 Å². The maximum Gasteiger partial charge on any atom is 0.374 e. The molecule has 0 saturated carbocycles. The summed E-state index contributed by atoms with van der Waals surface area (Å²) in [5.74, 6) is 0.878. The molecule has 1 aromatic carbocycles. The summed E-state index contributed by atoms with van der Waals surface area (Å²) in [5.41, 5.74) is 0.437. The van der Waals surface area contributed by atoms with Gasteiger partial charge in [-0.25, -0.2) is 4.79 Å². The predicted octanol–water partition coefficient (Wildman–Crippen LogP) is 3.62. The van der Waals surface area contributed by atoms with Crippen molar-refractivity contribution >= 4 is 28.2 Å². The quantitative estimate of drug-likeness (QED) is 0.537. The van der Waals surface area contributed by atoms with Gasteiger partial charge in [-0.2, -0.15) is 0 Å². The fourth-order valence-electron chi connectivity index (χ4n) is 1.85. The zero-order chi connectivity index (χ0) is 16.8. The Hall–Kier alpha value is -2.28. The molecule has 2 rings (SSSR count). The van der Waals surface area contributed by atoms with Crippen molar-refractivity contribution in [1.82, 2.24) is 0 Å². The molecule has 2 aromatic rings. The Morgan fingerprint density at radius 1 is 1.30 bits per heavy atom. The molecule has 0 unspecified atom stereocenters. The first kappa shape index (κ1) is 17.1. The average molecular weight is 383 g/mol. The van der Waals surface area contributed by atoms with E-state index in [1.165, 1.54) is 13.2 Å². The van der Waals surface area contributed by atoms with Gasteiger partial charge in [0.2, 0.25) is 5.76 Å². The monoisotopic (exact) mass is 382 g/mol. The van der Waals surface area contributed by atoms with E-state index in [4.69, 9.17) is 18.6 Å². The molecule has 1 heterocycles. The number of halogens is 1. The van der Waals surface area contributed by atoms with E-state index in [2.05, 4.69) is 15.9 Å². The van der Waals surface area contributed by atoms with Gasteiger partial charge < -0.3 is 18.6 Å². The summed E-state index contributed by atoms with van der Waals surface area (Å²) in [7, 11) is 1.50. The van der Waals surface area contributed by atoms with Gasteiger partial charge in [-0.1, -0.05) is 0 Å². The van der Waals surface area contributed by atoms with Gasteiger partial charge in [-0.3, -0.25) is 4.79 Å². The molecule has 0 fully saturated rings. The number of esters is 1. The van der Waals surface area contributed by atoms with Gasteiger partial charge in [0.1, 0.15) is 12.4 Å². The molecule has 23 heavy (non-hydrogen) atoms. The van der Waals surface area contributed by atoms with Crippen LogP contribution in [0.4, 0.5) is 0 Å². The summed E-state index contributed by atoms with van der Waals surface area (Å²) < 4.78 is 21.6. The number of ether oxygens (including phenoxy) is 3. The summed E-state index contributed by atoms with van der Waals surface area (Å²) in [4.78, 5) is 22.5. The Labute approximate surface area is 141 Å². The summed E-state index contributed by atoms with van der Waals surface area (Å²) in [5, 5.41) is 0. The van der Waals surface area contributed by atoms with Crippen LogP contribution in [0, 0.1) is 0 Å². The van der Waals surface area contributed by atoms with E-state index in [1.807, 2.05) is 0 Å². The lowest BCUT2D eigenvalue weighted by Crippen LogP contribution is -2.03. The standard InChI is InChI=1S/C16H15BrO6/c1-3-21-16(19)13-7-5-11(23-13)9-22-15-12(20-2)6-4-10(8-18)14(15)17/h4-8H,3,9H2,1-2H3. The molecular formula is C16H15BrO6. The van der Waals surface area contributed by atoms with Crippen LogP contribution < -0.4 is 9.47 Å². The van der Waals surface area contributed by atoms with Crippen LogP contribution in [0.5, 0.6) is 11.5 Å². The van der Waals surface area contributed by atoms with E-state index < -0.39 is 5.97 Å². The van der Waals surface area contributed by atoms with Crippen LogP contribution in [-0.2, 0) is 11.3 Å². The van der Waals surface area contributed by atoms with Gasteiger partial charge in [0.25, 0.3) is 0 Å². The van der Waals surface area contributed by atoms with Crippen molar-refractivity contribution in [2.75, 3.05) is 13.7 Å². The summed E-state index contributed by atoms with van der Waals surface area (Å²) >= 11 is 3.31. The number of benzene rings is 1. The molecule has 0 atom stereocenters. The van der Waals surface area contributed by atoms with Crippen LogP contribution >= 0.6 is 15.9 Å². The van der Waals surface area contributed by atoms with Crippen LogP contribution in [0.3, 0.4) is 0 Å². The van der Waals surface area contributed by atoms with E-state index in [9.17, 15) is 9.59 Å². The van der Waals surface area contributed by atoms with Crippen molar-refractivity contribution < 1.29 is 28.2 Å². The molecule has 0 N–H and O–H groups in total. The van der Waals surface area contributed by atoms with Crippen molar-refractivity contribution in [1.29, 1.82) is 0 Å². The Morgan fingerprint density at radius 2 is 2.09 bits per heavy atom. The third-order valence-electron chi connectivity index (χ3n) is 2.93. The maximum absolute atomic E-state index is 11.5. The number of carbonyl (C=O) groups is 2. The number of methoxy groups -OCH3 is 1. The second-order valence-electron chi connectivity index (χ2n) is 4.39. The minimum atomic E-state index is -0.527. The highest BCUT2D eigenvalue weighted by molar-refractivity contribution is 9.10. The van der Waals surface area contributed by atoms with Crippen LogP contribution in [-0.4, -0.2) is 26.0 Å². The SMILES string of the molecule is CCOC(=O)c1ccc(COc2c(OC)ccc(C=O)c2Br)o1. The molecule has 7 heteroatoms. The molecule has 122 valence electrons. The van der Waals surface area contributed by atoms with E-state index >= 15 is 0 Å². The zero-order valence-corrected chi connectivity index (χ0v) is 14.2. The van der Waals surface area contributed by atoms with Crippen molar-refractivity contribution in [2.24, 2.45) is 0 Å². The molecule has 1 aromatic heterocycles. The number of rotatable bonds is 7. The van der Waals surface area contributed by atoms with Gasteiger partial charge in [-0.05, 0) is 47.1 Å². The second kappa shape index (κ2) is 7.82. The van der Waals surface area contributed by atoms with Gasteiger partial charge in [0, 0.05) is 5.56 Å². The van der Waals surface area contributed by atoms with Gasteiger partial charge in [0.05, 0.1) is 18.2 Å². The zero-order valence-electron chi connectivity index (χ0n) is 12.6. The van der Waals surface area contributed by atoms with E-state index in [1.54, 1.807) is 25.1 Å². The molecule has 0 aliphatic rings. The normalized spacial score (nSPS) is 10.2. The largest absolute Gasteiger partial charge is 0.493 e. The van der Waals surface area contributed by atoms with Gasteiger partial charge in [0.15, 0.2) is 17.8 Å². The highest BCUT2D eigenvalue weighted by Gasteiger charge is 2.16. The molecule has 0 saturated heterocycles. The second-order valence-corrected chi connectivity index (χ2v) is 5.19. The van der Waals surface area contributed by atoms with E-state index in [-0.39, 0.29) is 19.0 Å². The lowest BCUT2D eigenvalue weighted by Gasteiger charge is -2.12. The molecule has 0 aliphatic heterocycles. The van der Waals surface area contributed by atoms with Crippen molar-refractivity contribution in [3.63, 3.8) is 0 Å². The predicted molar refractivity (Wildman–Crippen MR) is 85.1 cm³/mol. The fourth-order valence-corrected chi connectivity index (χ4v) is 2.39. The third-order valence-corrected chi connectivity index (χ3v) is 3.75. The topological polar surface area (TPSA) is 75.0 Å². The van der Waals surface area contributed by atoms with Crippen LogP contribution in [0.1, 0.15) is 33.6 Å². The van der Waals surface area contributed by atoms with E-state index in [0.717, 1.165) is 0 Å². The highest BCUT2D eigenvalue weighted by atomic mass is 79.9. The number of furan rings is 1. The van der Waals surface area contributed by atoms with Gasteiger partial charge >= 0.3 is 5.97 Å².